The molecule has 2 rings (SSSR count). The van der Waals surface area contributed by atoms with Crippen molar-refractivity contribution in [3.63, 3.8) is 0 Å². The Morgan fingerprint density at radius 2 is 2.35 bits per heavy atom. The first kappa shape index (κ1) is 11.9. The van der Waals surface area contributed by atoms with Gasteiger partial charge in [-0.2, -0.15) is 0 Å². The fourth-order valence-corrected chi connectivity index (χ4v) is 2.26. The van der Waals surface area contributed by atoms with Gasteiger partial charge in [-0.1, -0.05) is 0 Å². The number of carboxylic acid groups (broad SMARTS) is 1. The lowest BCUT2D eigenvalue weighted by Gasteiger charge is -2.27. The summed E-state index contributed by atoms with van der Waals surface area (Å²) in [6, 6.07) is 3.32. The van der Waals surface area contributed by atoms with Gasteiger partial charge in [-0.05, 0) is 31.9 Å². The third kappa shape index (κ3) is 2.39. The number of hydrogen-bond donors (Lipinski definition) is 2. The number of rotatable bonds is 3. The Hall–Kier alpha value is -1.62. The van der Waals surface area contributed by atoms with Gasteiger partial charge in [0.15, 0.2) is 0 Å². The van der Waals surface area contributed by atoms with Crippen LogP contribution in [0, 0.1) is 0 Å². The monoisotopic (exact) mass is 236 g/mol. The lowest BCUT2D eigenvalue weighted by molar-refractivity contribution is 0.0696. The number of anilines is 1. The average Bonchev–Trinajstić information content (AvgIpc) is 2.78. The zero-order valence-corrected chi connectivity index (χ0v) is 9.71. The molecule has 0 aromatic carbocycles. The van der Waals surface area contributed by atoms with Crippen LogP contribution >= 0.6 is 0 Å². The molecule has 5 nitrogen and oxygen atoms in total. The van der Waals surface area contributed by atoms with E-state index >= 15 is 0 Å². The Labute approximate surface area is 99.7 Å². The van der Waals surface area contributed by atoms with Gasteiger partial charge in [-0.3, -0.25) is 0 Å². The van der Waals surface area contributed by atoms with Gasteiger partial charge in [-0.15, -0.1) is 0 Å². The van der Waals surface area contributed by atoms with Crippen molar-refractivity contribution in [1.29, 1.82) is 0 Å². The Bertz CT molecular complexity index is 403. The maximum absolute atomic E-state index is 10.7. The van der Waals surface area contributed by atoms with Crippen molar-refractivity contribution in [3.8, 4) is 0 Å². The molecule has 17 heavy (non-hydrogen) atoms. The van der Waals surface area contributed by atoms with Crippen LogP contribution in [0.4, 0.5) is 5.82 Å². The molecule has 5 heteroatoms. The fraction of sp³-hybridized carbons (Fsp3) is 0.500. The van der Waals surface area contributed by atoms with Crippen molar-refractivity contribution in [2.45, 2.75) is 31.9 Å². The van der Waals surface area contributed by atoms with E-state index < -0.39 is 12.1 Å². The molecule has 2 atom stereocenters. The van der Waals surface area contributed by atoms with Crippen molar-refractivity contribution >= 4 is 11.8 Å². The zero-order valence-electron chi connectivity index (χ0n) is 9.71. The molecule has 1 aromatic rings. The fourth-order valence-electron chi connectivity index (χ4n) is 2.26. The molecule has 1 aliphatic rings. The molecule has 2 N–H and O–H groups in total. The highest BCUT2D eigenvalue weighted by Gasteiger charge is 2.29. The summed E-state index contributed by atoms with van der Waals surface area (Å²) in [5.41, 5.74) is 0.182. The highest BCUT2D eigenvalue weighted by molar-refractivity contribution is 5.87. The lowest BCUT2D eigenvalue weighted by atomic mass is 10.1. The predicted molar refractivity (Wildman–Crippen MR) is 63.2 cm³/mol. The lowest BCUT2D eigenvalue weighted by Crippen LogP contribution is -2.37. The van der Waals surface area contributed by atoms with E-state index in [1.54, 1.807) is 19.1 Å². The zero-order chi connectivity index (χ0) is 12.4. The molecule has 0 radical (unpaired) electrons. The SMILES string of the molecule is CC(O)C1CCCN1c1ccc(C(=O)O)cn1. The minimum atomic E-state index is -0.974. The molecule has 0 amide bonds. The van der Waals surface area contributed by atoms with E-state index in [9.17, 15) is 9.90 Å². The van der Waals surface area contributed by atoms with E-state index in [-0.39, 0.29) is 11.6 Å². The van der Waals surface area contributed by atoms with Crippen LogP contribution in [0.2, 0.25) is 0 Å². The van der Waals surface area contributed by atoms with Gasteiger partial charge >= 0.3 is 5.97 Å². The molecular formula is C12H16N2O3. The van der Waals surface area contributed by atoms with Crippen LogP contribution in [-0.2, 0) is 0 Å². The van der Waals surface area contributed by atoms with Crippen molar-refractivity contribution in [1.82, 2.24) is 4.98 Å². The normalized spacial score (nSPS) is 21.5. The number of nitrogens with zero attached hydrogens (tertiary/aromatic N) is 2. The highest BCUT2D eigenvalue weighted by atomic mass is 16.4. The first-order valence-corrected chi connectivity index (χ1v) is 5.73. The maximum atomic E-state index is 10.7. The van der Waals surface area contributed by atoms with Gasteiger partial charge in [-0.25, -0.2) is 9.78 Å². The van der Waals surface area contributed by atoms with Crippen LogP contribution in [0.3, 0.4) is 0 Å². The second-order valence-electron chi connectivity index (χ2n) is 4.35. The number of pyridine rings is 1. The van der Waals surface area contributed by atoms with Crippen molar-refractivity contribution in [2.75, 3.05) is 11.4 Å². The molecule has 1 saturated heterocycles. The number of hydrogen-bond acceptors (Lipinski definition) is 4. The molecule has 0 saturated carbocycles. The summed E-state index contributed by atoms with van der Waals surface area (Å²) in [6.07, 6.45) is 2.92. The minimum Gasteiger partial charge on any atom is -0.478 e. The van der Waals surface area contributed by atoms with Crippen LogP contribution in [0.1, 0.15) is 30.1 Å². The predicted octanol–water partition coefficient (Wildman–Crippen LogP) is 1.13. The number of carboxylic acids is 1. The summed E-state index contributed by atoms with van der Waals surface area (Å²) in [7, 11) is 0. The molecule has 1 fully saturated rings. The van der Waals surface area contributed by atoms with E-state index in [1.165, 1.54) is 6.20 Å². The maximum Gasteiger partial charge on any atom is 0.337 e. The van der Waals surface area contributed by atoms with Crippen LogP contribution in [-0.4, -0.2) is 39.9 Å². The molecule has 1 aliphatic heterocycles. The summed E-state index contributed by atoms with van der Waals surface area (Å²) in [5.74, 6) is -0.240. The molecule has 0 aliphatic carbocycles. The minimum absolute atomic E-state index is 0.0816. The summed E-state index contributed by atoms with van der Waals surface area (Å²) in [4.78, 5) is 16.9. The number of aromatic carboxylic acids is 1. The Balaban J connectivity index is 2.19. The average molecular weight is 236 g/mol. The first-order chi connectivity index (χ1) is 8.09. The summed E-state index contributed by atoms with van der Waals surface area (Å²) in [6.45, 7) is 2.63. The molecule has 2 unspecified atom stereocenters. The Morgan fingerprint density at radius 1 is 1.59 bits per heavy atom. The molecule has 92 valence electrons. The number of aliphatic hydroxyl groups is 1. The van der Waals surface area contributed by atoms with E-state index in [1.807, 2.05) is 4.90 Å². The molecule has 0 spiro atoms. The van der Waals surface area contributed by atoms with Crippen LogP contribution in [0.15, 0.2) is 18.3 Å². The molecule has 1 aromatic heterocycles. The van der Waals surface area contributed by atoms with Crippen LogP contribution in [0.25, 0.3) is 0 Å². The van der Waals surface area contributed by atoms with Gasteiger partial charge in [0.25, 0.3) is 0 Å². The first-order valence-electron chi connectivity index (χ1n) is 5.73. The van der Waals surface area contributed by atoms with Crippen molar-refractivity contribution < 1.29 is 15.0 Å². The highest BCUT2D eigenvalue weighted by Crippen LogP contribution is 2.25. The number of aromatic nitrogens is 1. The third-order valence-electron chi connectivity index (χ3n) is 3.15. The molecule has 0 bridgehead atoms. The van der Waals surface area contributed by atoms with Gasteiger partial charge < -0.3 is 15.1 Å². The molecular weight excluding hydrogens is 220 g/mol. The summed E-state index contributed by atoms with van der Waals surface area (Å²) in [5, 5.41) is 18.5. The van der Waals surface area contributed by atoms with Gasteiger partial charge in [0.2, 0.25) is 0 Å². The summed E-state index contributed by atoms with van der Waals surface area (Å²) >= 11 is 0. The van der Waals surface area contributed by atoms with E-state index in [0.29, 0.717) is 0 Å². The van der Waals surface area contributed by atoms with E-state index in [2.05, 4.69) is 4.98 Å². The Kier molecular flexibility index (Phi) is 3.28. The third-order valence-corrected chi connectivity index (χ3v) is 3.15. The topological polar surface area (TPSA) is 73.7 Å². The number of aliphatic hydroxyl groups excluding tert-OH is 1. The van der Waals surface area contributed by atoms with Crippen molar-refractivity contribution in [3.05, 3.63) is 23.9 Å². The second kappa shape index (κ2) is 4.71. The van der Waals surface area contributed by atoms with Crippen LogP contribution < -0.4 is 4.90 Å². The van der Waals surface area contributed by atoms with Crippen LogP contribution in [0.5, 0.6) is 0 Å². The standard InChI is InChI=1S/C12H16N2O3/c1-8(15)10-3-2-6-14(10)11-5-4-9(7-13-11)12(16)17/h4-5,7-8,10,15H,2-3,6H2,1H3,(H,16,17). The van der Waals surface area contributed by atoms with Gasteiger partial charge in [0, 0.05) is 12.7 Å². The van der Waals surface area contributed by atoms with E-state index in [0.717, 1.165) is 25.2 Å². The van der Waals surface area contributed by atoms with E-state index in [4.69, 9.17) is 5.11 Å². The Morgan fingerprint density at radius 3 is 2.88 bits per heavy atom. The molecule has 2 heterocycles. The van der Waals surface area contributed by atoms with Gasteiger partial charge in [0.1, 0.15) is 5.82 Å². The van der Waals surface area contributed by atoms with Crippen molar-refractivity contribution in [2.24, 2.45) is 0 Å². The number of carbonyl (C=O) groups is 1. The summed E-state index contributed by atoms with van der Waals surface area (Å²) < 4.78 is 0. The van der Waals surface area contributed by atoms with Gasteiger partial charge in [0.05, 0.1) is 17.7 Å². The second-order valence-corrected chi connectivity index (χ2v) is 4.35. The quantitative estimate of drug-likeness (QED) is 0.823. The smallest absolute Gasteiger partial charge is 0.337 e. The largest absolute Gasteiger partial charge is 0.478 e.